The van der Waals surface area contributed by atoms with E-state index in [0.29, 0.717) is 23.1 Å². The highest BCUT2D eigenvalue weighted by atomic mass is 19.3. The number of halogens is 2. The first-order valence-electron chi connectivity index (χ1n) is 11.0. The number of ketones is 1. The second-order valence-electron chi connectivity index (χ2n) is 8.35. The average Bonchev–Trinajstić information content (AvgIpc) is 3.46. The molecule has 1 aliphatic carbocycles. The molecule has 1 atom stereocenters. The van der Waals surface area contributed by atoms with Gasteiger partial charge in [0.1, 0.15) is 22.9 Å². The van der Waals surface area contributed by atoms with E-state index in [4.69, 9.17) is 0 Å². The highest BCUT2D eigenvalue weighted by molar-refractivity contribution is 5.97. The minimum atomic E-state index is -2.95. The summed E-state index contributed by atoms with van der Waals surface area (Å²) in [6.45, 7) is 7.74. The van der Waals surface area contributed by atoms with Gasteiger partial charge >= 0.3 is 0 Å². The number of fused-ring (bicyclic) bond motifs is 1. The molecule has 4 rings (SSSR count). The zero-order valence-electron chi connectivity index (χ0n) is 19.2. The summed E-state index contributed by atoms with van der Waals surface area (Å²) in [5, 5.41) is 3.20. The van der Waals surface area contributed by atoms with Crippen LogP contribution in [0.1, 0.15) is 42.2 Å². The predicted molar refractivity (Wildman–Crippen MR) is 126 cm³/mol. The second-order valence-corrected chi connectivity index (χ2v) is 8.35. The van der Waals surface area contributed by atoms with Crippen molar-refractivity contribution in [3.63, 3.8) is 0 Å². The van der Waals surface area contributed by atoms with Gasteiger partial charge in [-0.2, -0.15) is 0 Å². The van der Waals surface area contributed by atoms with Crippen molar-refractivity contribution in [2.75, 3.05) is 12.4 Å². The standard InChI is InChI=1S/C25H25F2N5O2/c1-5-7-21(33)19-8-14(3)17(13-29-19)16-9-15-12-30-22(31-24(34)18-11-25(18,26)27)10-20(15)32(6-2)23(16)28-4/h6,8-10,12-13,18H,2,5,7,11H2,1,3-4H3,(H,30,31,34). The van der Waals surface area contributed by atoms with Gasteiger partial charge in [0.25, 0.3) is 5.92 Å². The summed E-state index contributed by atoms with van der Waals surface area (Å²) < 4.78 is 28.2. The van der Waals surface area contributed by atoms with E-state index in [0.717, 1.165) is 28.5 Å². The molecule has 1 aliphatic rings. The maximum atomic E-state index is 13.2. The van der Waals surface area contributed by atoms with E-state index in [2.05, 4.69) is 26.9 Å². The van der Waals surface area contributed by atoms with Gasteiger partial charge in [0.05, 0.1) is 5.52 Å². The number of Topliss-reactive ketones (excluding diaryl/α,β-unsaturated/α-hetero) is 1. The van der Waals surface area contributed by atoms with Crippen LogP contribution in [0.4, 0.5) is 14.6 Å². The Kier molecular flexibility index (Phi) is 6.12. The van der Waals surface area contributed by atoms with Crippen LogP contribution < -0.4 is 10.8 Å². The van der Waals surface area contributed by atoms with Crippen molar-refractivity contribution in [3.8, 4) is 11.1 Å². The van der Waals surface area contributed by atoms with E-state index in [1.807, 2.05) is 19.9 Å². The molecule has 1 N–H and O–H groups in total. The number of rotatable bonds is 7. The first-order chi connectivity index (χ1) is 16.2. The Balaban J connectivity index is 1.78. The van der Waals surface area contributed by atoms with Crippen LogP contribution in [-0.2, 0) is 4.79 Å². The summed E-state index contributed by atoms with van der Waals surface area (Å²) >= 11 is 0. The quantitative estimate of drug-likeness (QED) is 0.516. The highest BCUT2D eigenvalue weighted by Gasteiger charge is 2.61. The number of aryl methyl sites for hydroxylation is 1. The topological polar surface area (TPSA) is 89.2 Å². The van der Waals surface area contributed by atoms with E-state index in [1.54, 1.807) is 42.3 Å². The lowest BCUT2D eigenvalue weighted by Gasteiger charge is -2.15. The van der Waals surface area contributed by atoms with Gasteiger partial charge in [0.2, 0.25) is 5.91 Å². The molecule has 0 radical (unpaired) electrons. The van der Waals surface area contributed by atoms with Crippen LogP contribution in [-0.4, -0.2) is 39.2 Å². The monoisotopic (exact) mass is 465 g/mol. The zero-order chi connectivity index (χ0) is 24.6. The van der Waals surface area contributed by atoms with E-state index < -0.39 is 24.2 Å². The molecule has 0 aliphatic heterocycles. The Morgan fingerprint density at radius 2 is 2.00 bits per heavy atom. The Morgan fingerprint density at radius 3 is 2.59 bits per heavy atom. The predicted octanol–water partition coefficient (Wildman–Crippen LogP) is 4.61. The van der Waals surface area contributed by atoms with Crippen LogP contribution in [0.5, 0.6) is 0 Å². The molecular formula is C25H25F2N5O2. The molecule has 7 nitrogen and oxygen atoms in total. The Hall–Kier alpha value is -3.75. The van der Waals surface area contributed by atoms with E-state index >= 15 is 0 Å². The van der Waals surface area contributed by atoms with Gasteiger partial charge in [0, 0.05) is 61.1 Å². The summed E-state index contributed by atoms with van der Waals surface area (Å²) in [6, 6.07) is 5.27. The van der Waals surface area contributed by atoms with E-state index in [1.165, 1.54) is 0 Å². The third kappa shape index (κ3) is 4.25. The van der Waals surface area contributed by atoms with Gasteiger partial charge in [-0.15, -0.1) is 0 Å². The average molecular weight is 466 g/mol. The summed E-state index contributed by atoms with van der Waals surface area (Å²) in [7, 11) is 1.64. The van der Waals surface area contributed by atoms with Crippen LogP contribution in [0.3, 0.4) is 0 Å². The van der Waals surface area contributed by atoms with Gasteiger partial charge in [0.15, 0.2) is 5.78 Å². The molecule has 1 fully saturated rings. The molecule has 0 aromatic carbocycles. The molecular weight excluding hydrogens is 440 g/mol. The van der Waals surface area contributed by atoms with Crippen molar-refractivity contribution in [1.29, 1.82) is 0 Å². The molecule has 9 heteroatoms. The fraction of sp³-hybridized carbons (Fsp3) is 0.320. The van der Waals surface area contributed by atoms with Crippen LogP contribution in [0.15, 0.2) is 42.2 Å². The molecule has 0 spiro atoms. The summed E-state index contributed by atoms with van der Waals surface area (Å²) in [6.07, 6.45) is 5.55. The molecule has 3 heterocycles. The van der Waals surface area contributed by atoms with Crippen LogP contribution in [0.25, 0.3) is 28.2 Å². The second kappa shape index (κ2) is 8.89. The largest absolute Gasteiger partial charge is 0.310 e. The first-order valence-corrected chi connectivity index (χ1v) is 11.0. The van der Waals surface area contributed by atoms with E-state index in [9.17, 15) is 18.4 Å². The number of pyridine rings is 3. The molecule has 1 amide bonds. The number of amides is 1. The molecule has 0 saturated heterocycles. The van der Waals surface area contributed by atoms with Gasteiger partial charge < -0.3 is 9.88 Å². The first kappa shape index (κ1) is 23.4. The maximum absolute atomic E-state index is 13.2. The Labute approximate surface area is 195 Å². The maximum Gasteiger partial charge on any atom is 0.260 e. The summed E-state index contributed by atoms with van der Waals surface area (Å²) in [5.74, 6) is -4.85. The number of anilines is 1. The number of carbonyl (C=O) groups is 2. The number of aromatic nitrogens is 3. The van der Waals surface area contributed by atoms with Crippen molar-refractivity contribution < 1.29 is 18.4 Å². The molecule has 176 valence electrons. The minimum absolute atomic E-state index is 0.0000405. The van der Waals surface area contributed by atoms with Gasteiger partial charge in [-0.3, -0.25) is 19.6 Å². The molecule has 3 aromatic rings. The molecule has 34 heavy (non-hydrogen) atoms. The lowest BCUT2D eigenvalue weighted by atomic mass is 10.0. The SMILES string of the molecule is C=Cn1c(=NC)c(-c2cnc(C(=O)CCC)cc2C)cc2cnc(NC(=O)C3CC3(F)F)cc21. The number of alkyl halides is 2. The lowest BCUT2D eigenvalue weighted by Crippen LogP contribution is -2.21. The van der Waals surface area contributed by atoms with Crippen LogP contribution in [0.2, 0.25) is 0 Å². The fourth-order valence-corrected chi connectivity index (χ4v) is 3.98. The lowest BCUT2D eigenvalue weighted by molar-refractivity contribution is -0.119. The molecule has 0 bridgehead atoms. The smallest absolute Gasteiger partial charge is 0.260 e. The number of nitrogens with zero attached hydrogens (tertiary/aromatic N) is 4. The number of nitrogens with one attached hydrogen (secondary N) is 1. The van der Waals surface area contributed by atoms with Crippen molar-refractivity contribution in [3.05, 3.63) is 53.9 Å². The van der Waals surface area contributed by atoms with E-state index in [-0.39, 0.29) is 11.6 Å². The summed E-state index contributed by atoms with van der Waals surface area (Å²) in [4.78, 5) is 37.4. The van der Waals surface area contributed by atoms with Crippen LogP contribution in [0, 0.1) is 12.8 Å². The normalized spacial score (nSPS) is 17.0. The zero-order valence-corrected chi connectivity index (χ0v) is 19.2. The molecule has 1 saturated carbocycles. The fourth-order valence-electron chi connectivity index (χ4n) is 3.98. The number of hydrogen-bond acceptors (Lipinski definition) is 5. The highest BCUT2D eigenvalue weighted by Crippen LogP contribution is 2.49. The van der Waals surface area contributed by atoms with Crippen molar-refractivity contribution in [1.82, 2.24) is 14.5 Å². The van der Waals surface area contributed by atoms with Crippen molar-refractivity contribution in [2.24, 2.45) is 10.9 Å². The van der Waals surface area contributed by atoms with Crippen molar-refractivity contribution >= 4 is 34.6 Å². The van der Waals surface area contributed by atoms with Crippen molar-refractivity contribution in [2.45, 2.75) is 39.0 Å². The van der Waals surface area contributed by atoms with Gasteiger partial charge in [-0.1, -0.05) is 13.5 Å². The number of hydrogen-bond donors (Lipinski definition) is 1. The third-order valence-electron chi connectivity index (χ3n) is 5.89. The third-order valence-corrected chi connectivity index (χ3v) is 5.89. The molecule has 3 aromatic heterocycles. The summed E-state index contributed by atoms with van der Waals surface area (Å²) in [5.41, 5.74) is 4.10. The minimum Gasteiger partial charge on any atom is -0.310 e. The Bertz CT molecular complexity index is 1390. The molecule has 1 unspecified atom stereocenters. The van der Waals surface area contributed by atoms with Crippen LogP contribution >= 0.6 is 0 Å². The Morgan fingerprint density at radius 1 is 1.26 bits per heavy atom. The van der Waals surface area contributed by atoms with Gasteiger partial charge in [-0.25, -0.2) is 13.8 Å². The van der Waals surface area contributed by atoms with Gasteiger partial charge in [-0.05, 0) is 31.0 Å². The number of carbonyl (C=O) groups excluding carboxylic acids is 2.